The van der Waals surface area contributed by atoms with Crippen molar-refractivity contribution >= 4 is 15.7 Å². The summed E-state index contributed by atoms with van der Waals surface area (Å²) in [5.74, 6) is 1.28. The molecule has 1 aromatic rings. The largest absolute Gasteiger partial charge is 0.370 e. The number of nitrogens with zero attached hydrogens (tertiary/aromatic N) is 2. The van der Waals surface area contributed by atoms with Crippen LogP contribution in [0.5, 0.6) is 0 Å². The van der Waals surface area contributed by atoms with E-state index >= 15 is 0 Å². The molecule has 6 heteroatoms. The van der Waals surface area contributed by atoms with Crippen LogP contribution in [0.2, 0.25) is 0 Å². The Bertz CT molecular complexity index is 524. The zero-order valence-electron chi connectivity index (χ0n) is 11.6. The first kappa shape index (κ1) is 14.9. The van der Waals surface area contributed by atoms with E-state index in [9.17, 15) is 8.42 Å². The van der Waals surface area contributed by atoms with Crippen molar-refractivity contribution in [1.82, 2.24) is 9.97 Å². The molecule has 102 valence electrons. The van der Waals surface area contributed by atoms with Crippen LogP contribution in [0.4, 0.5) is 5.82 Å². The van der Waals surface area contributed by atoms with E-state index in [1.54, 1.807) is 0 Å². The van der Waals surface area contributed by atoms with Crippen molar-refractivity contribution in [2.75, 3.05) is 18.1 Å². The van der Waals surface area contributed by atoms with Crippen molar-refractivity contribution in [2.24, 2.45) is 0 Å². The topological polar surface area (TPSA) is 72.0 Å². The Hall–Kier alpha value is -1.17. The fourth-order valence-corrected chi connectivity index (χ4v) is 2.53. The molecule has 5 nitrogen and oxygen atoms in total. The molecule has 0 aromatic carbocycles. The van der Waals surface area contributed by atoms with Crippen LogP contribution >= 0.6 is 0 Å². The van der Waals surface area contributed by atoms with Crippen LogP contribution in [0, 0.1) is 6.92 Å². The van der Waals surface area contributed by atoms with Gasteiger partial charge < -0.3 is 5.32 Å². The Morgan fingerprint density at radius 3 is 2.33 bits per heavy atom. The van der Waals surface area contributed by atoms with Crippen molar-refractivity contribution in [3.05, 3.63) is 17.1 Å². The average molecular weight is 271 g/mol. The third-order valence-electron chi connectivity index (χ3n) is 2.50. The quantitative estimate of drug-likeness (QED) is 0.885. The first-order valence-electron chi connectivity index (χ1n) is 6.03. The molecule has 1 N–H and O–H groups in total. The summed E-state index contributed by atoms with van der Waals surface area (Å²) in [4.78, 5) is 8.62. The van der Waals surface area contributed by atoms with Gasteiger partial charge in [-0.3, -0.25) is 0 Å². The van der Waals surface area contributed by atoms with E-state index in [0.717, 1.165) is 23.6 Å². The Balaban J connectivity index is 3.27. The van der Waals surface area contributed by atoms with Gasteiger partial charge in [-0.15, -0.1) is 0 Å². The average Bonchev–Trinajstić information content (AvgIpc) is 2.13. The molecule has 1 rings (SSSR count). The van der Waals surface area contributed by atoms with Crippen LogP contribution in [-0.4, -0.2) is 31.2 Å². The maximum absolute atomic E-state index is 11.3. The van der Waals surface area contributed by atoms with Crippen LogP contribution < -0.4 is 5.32 Å². The molecule has 18 heavy (non-hydrogen) atoms. The minimum atomic E-state index is -3.11. The van der Waals surface area contributed by atoms with Gasteiger partial charge in [-0.2, -0.15) is 0 Å². The van der Waals surface area contributed by atoms with Crippen molar-refractivity contribution in [3.63, 3.8) is 0 Å². The highest BCUT2D eigenvalue weighted by Gasteiger charge is 2.16. The molecule has 0 bridgehead atoms. The summed E-state index contributed by atoms with van der Waals surface area (Å²) < 4.78 is 22.6. The van der Waals surface area contributed by atoms with Crippen LogP contribution in [0.3, 0.4) is 0 Å². The fraction of sp³-hybridized carbons (Fsp3) is 0.667. The minimum Gasteiger partial charge on any atom is -0.370 e. The van der Waals surface area contributed by atoms with E-state index in [4.69, 9.17) is 0 Å². The lowest BCUT2D eigenvalue weighted by atomic mass is 10.0. The smallest absolute Gasteiger partial charge is 0.154 e. The molecule has 0 saturated carbocycles. The molecule has 0 amide bonds. The van der Waals surface area contributed by atoms with Gasteiger partial charge in [-0.05, 0) is 19.8 Å². The van der Waals surface area contributed by atoms with Gasteiger partial charge in [0.1, 0.15) is 17.4 Å². The van der Waals surface area contributed by atoms with Gasteiger partial charge in [0.15, 0.2) is 9.84 Å². The number of aromatic nitrogens is 2. The normalized spacial score (nSPS) is 11.9. The molecule has 0 radical (unpaired) electrons. The lowest BCUT2D eigenvalue weighted by Gasteiger charge is -2.16. The predicted octanol–water partition coefficient (Wildman–Crippen LogP) is 1.88. The third kappa shape index (κ3) is 3.94. The Morgan fingerprint density at radius 1 is 1.28 bits per heavy atom. The van der Waals surface area contributed by atoms with E-state index in [1.807, 2.05) is 13.8 Å². The predicted molar refractivity (Wildman–Crippen MR) is 73.6 cm³/mol. The standard InChI is InChI=1S/C12H21N3O2S/c1-6-13-12-11(8(2)3)9(4)14-10(15-12)7-18(5,16)17/h8H,6-7H2,1-5H3,(H,13,14,15). The molecule has 0 aliphatic rings. The van der Waals surface area contributed by atoms with Crippen LogP contribution in [0.1, 0.15) is 43.8 Å². The van der Waals surface area contributed by atoms with Crippen molar-refractivity contribution in [2.45, 2.75) is 39.4 Å². The number of anilines is 1. The summed E-state index contributed by atoms with van der Waals surface area (Å²) in [6.45, 7) is 8.77. The molecule has 0 saturated heterocycles. The summed E-state index contributed by atoms with van der Waals surface area (Å²) in [6, 6.07) is 0. The van der Waals surface area contributed by atoms with Crippen LogP contribution in [0.25, 0.3) is 0 Å². The van der Waals surface area contributed by atoms with Gasteiger partial charge in [0.2, 0.25) is 0 Å². The SMILES string of the molecule is CCNc1nc(CS(C)(=O)=O)nc(C)c1C(C)C. The van der Waals surface area contributed by atoms with Gasteiger partial charge in [-0.25, -0.2) is 18.4 Å². The summed E-state index contributed by atoms with van der Waals surface area (Å²) >= 11 is 0. The molecule has 0 aliphatic carbocycles. The zero-order chi connectivity index (χ0) is 13.9. The maximum Gasteiger partial charge on any atom is 0.154 e. The minimum absolute atomic E-state index is 0.120. The van der Waals surface area contributed by atoms with Gasteiger partial charge >= 0.3 is 0 Å². The van der Waals surface area contributed by atoms with E-state index in [-0.39, 0.29) is 5.75 Å². The van der Waals surface area contributed by atoms with E-state index in [0.29, 0.717) is 11.7 Å². The number of sulfone groups is 1. The summed E-state index contributed by atoms with van der Waals surface area (Å²) in [7, 11) is -3.11. The van der Waals surface area contributed by atoms with Crippen molar-refractivity contribution in [3.8, 4) is 0 Å². The molecular formula is C12H21N3O2S. The molecular weight excluding hydrogens is 250 g/mol. The van der Waals surface area contributed by atoms with Gasteiger partial charge in [-0.1, -0.05) is 13.8 Å². The number of nitrogens with one attached hydrogen (secondary N) is 1. The molecule has 1 heterocycles. The van der Waals surface area contributed by atoms with Crippen molar-refractivity contribution < 1.29 is 8.42 Å². The first-order chi connectivity index (χ1) is 8.24. The van der Waals surface area contributed by atoms with E-state index < -0.39 is 9.84 Å². The summed E-state index contributed by atoms with van der Waals surface area (Å²) in [5, 5.41) is 3.18. The van der Waals surface area contributed by atoms with Gasteiger partial charge in [0.05, 0.1) is 0 Å². The molecule has 0 atom stereocenters. The number of rotatable bonds is 5. The Morgan fingerprint density at radius 2 is 1.89 bits per heavy atom. The highest BCUT2D eigenvalue weighted by atomic mass is 32.2. The number of aryl methyl sites for hydroxylation is 1. The van der Waals surface area contributed by atoms with Crippen LogP contribution in [-0.2, 0) is 15.6 Å². The monoisotopic (exact) mass is 271 g/mol. The second-order valence-corrected chi connectivity index (χ2v) is 6.88. The van der Waals surface area contributed by atoms with Gasteiger partial charge in [0, 0.05) is 24.1 Å². The van der Waals surface area contributed by atoms with E-state index in [1.165, 1.54) is 6.26 Å². The second kappa shape index (κ2) is 5.65. The maximum atomic E-state index is 11.3. The highest BCUT2D eigenvalue weighted by Crippen LogP contribution is 2.25. The molecule has 0 fully saturated rings. The molecule has 0 spiro atoms. The third-order valence-corrected chi connectivity index (χ3v) is 3.28. The van der Waals surface area contributed by atoms with Crippen molar-refractivity contribution in [1.29, 1.82) is 0 Å². The molecule has 1 aromatic heterocycles. The molecule has 0 aliphatic heterocycles. The van der Waals surface area contributed by atoms with Gasteiger partial charge in [0.25, 0.3) is 0 Å². The number of hydrogen-bond donors (Lipinski definition) is 1. The molecule has 0 unspecified atom stereocenters. The lowest BCUT2D eigenvalue weighted by molar-refractivity contribution is 0.599. The number of hydrogen-bond acceptors (Lipinski definition) is 5. The first-order valence-corrected chi connectivity index (χ1v) is 8.09. The fourth-order valence-electron chi connectivity index (χ4n) is 1.93. The Kier molecular flexibility index (Phi) is 4.67. The lowest BCUT2D eigenvalue weighted by Crippen LogP contribution is -2.13. The van der Waals surface area contributed by atoms with Crippen LogP contribution in [0.15, 0.2) is 0 Å². The summed E-state index contributed by atoms with van der Waals surface area (Å²) in [6.07, 6.45) is 1.19. The second-order valence-electron chi connectivity index (χ2n) is 4.74. The summed E-state index contributed by atoms with van der Waals surface area (Å²) in [5.41, 5.74) is 1.89. The Labute approximate surface area is 109 Å². The van der Waals surface area contributed by atoms with E-state index in [2.05, 4.69) is 29.1 Å². The highest BCUT2D eigenvalue weighted by molar-refractivity contribution is 7.89. The zero-order valence-corrected chi connectivity index (χ0v) is 12.4.